The highest BCUT2D eigenvalue weighted by atomic mass is 79.9. The van der Waals surface area contributed by atoms with Gasteiger partial charge < -0.3 is 5.32 Å². The fourth-order valence-electron chi connectivity index (χ4n) is 2.55. The summed E-state index contributed by atoms with van der Waals surface area (Å²) >= 11 is 3.28. The van der Waals surface area contributed by atoms with Crippen LogP contribution < -0.4 is 5.32 Å². The van der Waals surface area contributed by atoms with Crippen LogP contribution in [0.1, 0.15) is 31.4 Å². The minimum Gasteiger partial charge on any atom is -0.314 e. The number of nitrogens with one attached hydrogen (secondary N) is 1. The molecule has 0 bridgehead atoms. The van der Waals surface area contributed by atoms with Crippen molar-refractivity contribution < 1.29 is 4.39 Å². The van der Waals surface area contributed by atoms with Crippen molar-refractivity contribution in [1.29, 1.82) is 0 Å². The Bertz CT molecular complexity index is 397. The summed E-state index contributed by atoms with van der Waals surface area (Å²) in [6.45, 7) is 6.43. The molecular weight excluding hydrogens is 331 g/mol. The summed E-state index contributed by atoms with van der Waals surface area (Å²) in [5.41, 5.74) is 1.21. The zero-order valence-corrected chi connectivity index (χ0v) is 13.6. The molecule has 1 aliphatic heterocycles. The maximum Gasteiger partial charge on any atom is 0.137 e. The van der Waals surface area contributed by atoms with Gasteiger partial charge in [-0.05, 0) is 40.0 Å². The van der Waals surface area contributed by atoms with Gasteiger partial charge in [0.25, 0.3) is 0 Å². The number of piperazine rings is 1. The molecule has 0 unspecified atom stereocenters. The fraction of sp³-hybridized carbons (Fsp3) is 0.571. The molecule has 0 aromatic heterocycles. The Morgan fingerprint density at radius 3 is 2.63 bits per heavy atom. The Hall–Kier alpha value is -0.160. The second-order valence-electron chi connectivity index (χ2n) is 4.76. The number of hydrogen-bond donors (Lipinski definition) is 1. The number of benzene rings is 1. The lowest BCUT2D eigenvalue weighted by Gasteiger charge is -2.35. The van der Waals surface area contributed by atoms with Gasteiger partial charge in [0, 0.05) is 32.2 Å². The molecule has 0 saturated carbocycles. The molecule has 1 heterocycles. The van der Waals surface area contributed by atoms with E-state index >= 15 is 0 Å². The van der Waals surface area contributed by atoms with Gasteiger partial charge in [0.2, 0.25) is 0 Å². The van der Waals surface area contributed by atoms with Gasteiger partial charge in [0.15, 0.2) is 0 Å². The molecular formula is C14H21BrClFN2. The lowest BCUT2D eigenvalue weighted by atomic mass is 10.00. The van der Waals surface area contributed by atoms with Crippen molar-refractivity contribution in [3.63, 3.8) is 0 Å². The van der Waals surface area contributed by atoms with Gasteiger partial charge in [-0.1, -0.05) is 19.4 Å². The van der Waals surface area contributed by atoms with Crippen molar-refractivity contribution in [2.45, 2.75) is 25.8 Å². The van der Waals surface area contributed by atoms with E-state index in [4.69, 9.17) is 0 Å². The summed E-state index contributed by atoms with van der Waals surface area (Å²) in [6, 6.07) is 5.82. The molecule has 2 nitrogen and oxygen atoms in total. The molecule has 1 atom stereocenters. The topological polar surface area (TPSA) is 15.3 Å². The Labute approximate surface area is 129 Å². The molecule has 0 amide bonds. The van der Waals surface area contributed by atoms with Crippen LogP contribution in [0, 0.1) is 5.82 Å². The summed E-state index contributed by atoms with van der Waals surface area (Å²) in [7, 11) is 0. The first-order valence-electron chi connectivity index (χ1n) is 6.62. The number of hydrogen-bond acceptors (Lipinski definition) is 2. The van der Waals surface area contributed by atoms with E-state index in [1.807, 2.05) is 12.1 Å². The van der Waals surface area contributed by atoms with Crippen LogP contribution in [0.15, 0.2) is 22.7 Å². The quantitative estimate of drug-likeness (QED) is 0.888. The van der Waals surface area contributed by atoms with Crippen LogP contribution in [0.3, 0.4) is 0 Å². The maximum atomic E-state index is 13.3. The maximum absolute atomic E-state index is 13.3. The highest BCUT2D eigenvalue weighted by Gasteiger charge is 2.21. The Kier molecular flexibility index (Phi) is 7.29. The zero-order chi connectivity index (χ0) is 13.0. The van der Waals surface area contributed by atoms with E-state index in [0.29, 0.717) is 10.5 Å². The normalized spacial score (nSPS) is 17.8. The van der Waals surface area contributed by atoms with Crippen LogP contribution in [0.25, 0.3) is 0 Å². The summed E-state index contributed by atoms with van der Waals surface area (Å²) in [5, 5.41) is 3.37. The van der Waals surface area contributed by atoms with Gasteiger partial charge in [-0.3, -0.25) is 4.90 Å². The monoisotopic (exact) mass is 350 g/mol. The standard InChI is InChI=1S/C14H20BrFN2.ClH/c1-2-3-14(18-8-6-17-7-9-18)11-4-5-13(16)12(15)10-11;/h4-5,10,14,17H,2-3,6-9H2,1H3;1H/t14-;/m0./s1. The summed E-state index contributed by atoms with van der Waals surface area (Å²) in [5.74, 6) is -0.186. The van der Waals surface area contributed by atoms with E-state index in [2.05, 4.69) is 33.1 Å². The van der Waals surface area contributed by atoms with Gasteiger partial charge >= 0.3 is 0 Å². The van der Waals surface area contributed by atoms with E-state index in [1.54, 1.807) is 6.07 Å². The van der Waals surface area contributed by atoms with Crippen molar-refractivity contribution in [3.05, 3.63) is 34.1 Å². The molecule has 1 aromatic carbocycles. The molecule has 1 N–H and O–H groups in total. The first kappa shape index (κ1) is 16.9. The minimum atomic E-state index is -0.186. The van der Waals surface area contributed by atoms with Crippen molar-refractivity contribution in [3.8, 4) is 0 Å². The van der Waals surface area contributed by atoms with E-state index in [-0.39, 0.29) is 18.2 Å². The predicted molar refractivity (Wildman–Crippen MR) is 83.4 cm³/mol. The zero-order valence-electron chi connectivity index (χ0n) is 11.2. The Balaban J connectivity index is 0.00000180. The van der Waals surface area contributed by atoms with Crippen LogP contribution in [0.4, 0.5) is 4.39 Å². The lowest BCUT2D eigenvalue weighted by molar-refractivity contribution is 0.164. The molecule has 5 heteroatoms. The van der Waals surface area contributed by atoms with Gasteiger partial charge in [0.05, 0.1) is 4.47 Å². The highest BCUT2D eigenvalue weighted by Crippen LogP contribution is 2.29. The van der Waals surface area contributed by atoms with E-state index in [9.17, 15) is 4.39 Å². The van der Waals surface area contributed by atoms with Crippen LogP contribution in [-0.4, -0.2) is 31.1 Å². The molecule has 0 spiro atoms. The Morgan fingerprint density at radius 1 is 1.37 bits per heavy atom. The number of nitrogens with zero attached hydrogens (tertiary/aromatic N) is 1. The summed E-state index contributed by atoms with van der Waals surface area (Å²) in [4.78, 5) is 2.50. The molecule has 1 fully saturated rings. The third kappa shape index (κ3) is 4.42. The lowest BCUT2D eigenvalue weighted by Crippen LogP contribution is -2.45. The molecule has 108 valence electrons. The second-order valence-corrected chi connectivity index (χ2v) is 5.62. The van der Waals surface area contributed by atoms with E-state index in [1.165, 1.54) is 5.56 Å². The van der Waals surface area contributed by atoms with Crippen LogP contribution in [-0.2, 0) is 0 Å². The van der Waals surface area contributed by atoms with Crippen molar-refractivity contribution in [2.24, 2.45) is 0 Å². The van der Waals surface area contributed by atoms with Crippen LogP contribution in [0.2, 0.25) is 0 Å². The minimum absolute atomic E-state index is 0. The molecule has 1 aromatic rings. The Morgan fingerprint density at radius 2 is 2.05 bits per heavy atom. The fourth-order valence-corrected chi connectivity index (χ4v) is 2.94. The third-order valence-corrected chi connectivity index (χ3v) is 4.09. The average molecular weight is 352 g/mol. The largest absolute Gasteiger partial charge is 0.314 e. The van der Waals surface area contributed by atoms with Gasteiger partial charge in [-0.2, -0.15) is 0 Å². The SMILES string of the molecule is CCC[C@@H](c1ccc(F)c(Br)c1)N1CCNCC1.Cl. The highest BCUT2D eigenvalue weighted by molar-refractivity contribution is 9.10. The molecule has 19 heavy (non-hydrogen) atoms. The summed E-state index contributed by atoms with van der Waals surface area (Å²) < 4.78 is 13.9. The molecule has 1 aliphatic rings. The first-order valence-corrected chi connectivity index (χ1v) is 7.41. The average Bonchev–Trinajstić information content (AvgIpc) is 2.40. The molecule has 0 radical (unpaired) electrons. The van der Waals surface area contributed by atoms with E-state index < -0.39 is 0 Å². The van der Waals surface area contributed by atoms with Crippen molar-refractivity contribution in [2.75, 3.05) is 26.2 Å². The van der Waals surface area contributed by atoms with Gasteiger partial charge in [-0.25, -0.2) is 4.39 Å². The summed E-state index contributed by atoms with van der Waals surface area (Å²) in [6.07, 6.45) is 2.27. The first-order chi connectivity index (χ1) is 8.72. The second kappa shape index (κ2) is 8.20. The molecule has 1 saturated heterocycles. The molecule has 0 aliphatic carbocycles. The smallest absolute Gasteiger partial charge is 0.137 e. The van der Waals surface area contributed by atoms with Gasteiger partial charge in [-0.15, -0.1) is 12.4 Å². The van der Waals surface area contributed by atoms with Gasteiger partial charge in [0.1, 0.15) is 5.82 Å². The molecule has 2 rings (SSSR count). The van der Waals surface area contributed by atoms with Crippen molar-refractivity contribution in [1.82, 2.24) is 10.2 Å². The van der Waals surface area contributed by atoms with Crippen molar-refractivity contribution >= 4 is 28.3 Å². The number of halogens is 3. The third-order valence-electron chi connectivity index (χ3n) is 3.48. The predicted octanol–water partition coefficient (Wildman–Crippen LogP) is 3.76. The van der Waals surface area contributed by atoms with E-state index in [0.717, 1.165) is 39.0 Å². The van der Waals surface area contributed by atoms with Crippen LogP contribution >= 0.6 is 28.3 Å². The number of rotatable bonds is 4. The van der Waals surface area contributed by atoms with Crippen LogP contribution in [0.5, 0.6) is 0 Å².